The normalized spacial score (nSPS) is 10.7. The number of hydrogen-bond acceptors (Lipinski definition) is 7. The van der Waals surface area contributed by atoms with E-state index in [1.165, 1.54) is 20.9 Å². The molecule has 0 aliphatic rings. The Morgan fingerprint density at radius 2 is 2.08 bits per heavy atom. The third-order valence-electron chi connectivity index (χ3n) is 2.94. The highest BCUT2D eigenvalue weighted by Gasteiger charge is 2.34. The van der Waals surface area contributed by atoms with Gasteiger partial charge >= 0.3 is 12.0 Å². The number of carbonyl (C=O) groups excluding carboxylic acids is 2. The molecule has 9 nitrogen and oxygen atoms in total. The molecule has 0 bridgehead atoms. The lowest BCUT2D eigenvalue weighted by molar-refractivity contribution is -0.158. The molecule has 0 aliphatic heterocycles. The van der Waals surface area contributed by atoms with E-state index in [9.17, 15) is 14.0 Å². The summed E-state index contributed by atoms with van der Waals surface area (Å²) in [6, 6.07) is 1.22. The average molecular weight is 341 g/mol. The number of esters is 1. The molecular formula is C14H20FN5O4. The summed E-state index contributed by atoms with van der Waals surface area (Å²) in [5.74, 6) is -1.68. The quantitative estimate of drug-likeness (QED) is 0.316. The predicted molar refractivity (Wildman–Crippen MR) is 84.2 cm³/mol. The Bertz CT molecular complexity index is 650. The van der Waals surface area contributed by atoms with Gasteiger partial charge in [0.15, 0.2) is 5.60 Å². The van der Waals surface area contributed by atoms with Gasteiger partial charge in [-0.1, -0.05) is 5.22 Å². The molecular weight excluding hydrogens is 321 g/mol. The molecule has 24 heavy (non-hydrogen) atoms. The number of ether oxygens (including phenoxy) is 2. The van der Waals surface area contributed by atoms with Crippen molar-refractivity contribution in [3.8, 4) is 5.75 Å². The van der Waals surface area contributed by atoms with Gasteiger partial charge in [-0.25, -0.2) is 14.0 Å². The van der Waals surface area contributed by atoms with Crippen LogP contribution in [0.1, 0.15) is 20.8 Å². The van der Waals surface area contributed by atoms with E-state index in [0.29, 0.717) is 5.01 Å². The second-order valence-electron chi connectivity index (χ2n) is 5.14. The maximum atomic E-state index is 13.8. The molecule has 132 valence electrons. The molecule has 0 saturated carbocycles. The minimum absolute atomic E-state index is 0.0966. The first-order valence-corrected chi connectivity index (χ1v) is 7.02. The number of hydrogen-bond donors (Lipinski definition) is 3. The van der Waals surface area contributed by atoms with Crippen LogP contribution in [0.25, 0.3) is 0 Å². The van der Waals surface area contributed by atoms with Crippen LogP contribution >= 0.6 is 0 Å². The number of anilines is 2. The number of amides is 2. The van der Waals surface area contributed by atoms with E-state index in [-0.39, 0.29) is 23.7 Å². The smallest absolute Gasteiger partial charge is 0.349 e. The molecule has 1 rings (SSSR count). The Labute approximate surface area is 138 Å². The molecule has 0 atom stereocenters. The van der Waals surface area contributed by atoms with Gasteiger partial charge in [0, 0.05) is 13.1 Å². The van der Waals surface area contributed by atoms with Crippen LogP contribution in [-0.4, -0.2) is 31.3 Å². The van der Waals surface area contributed by atoms with E-state index in [2.05, 4.69) is 10.5 Å². The molecule has 0 fully saturated rings. The van der Waals surface area contributed by atoms with Gasteiger partial charge in [0.2, 0.25) is 0 Å². The van der Waals surface area contributed by atoms with Crippen LogP contribution in [0.15, 0.2) is 17.4 Å². The van der Waals surface area contributed by atoms with Crippen molar-refractivity contribution in [2.75, 3.05) is 24.4 Å². The fourth-order valence-electron chi connectivity index (χ4n) is 1.74. The lowest BCUT2D eigenvalue weighted by atomic mass is 10.1. The van der Waals surface area contributed by atoms with Crippen LogP contribution in [0.3, 0.4) is 0 Å². The van der Waals surface area contributed by atoms with Gasteiger partial charge in [0.1, 0.15) is 17.3 Å². The second-order valence-corrected chi connectivity index (χ2v) is 5.14. The first-order valence-electron chi connectivity index (χ1n) is 7.02. The summed E-state index contributed by atoms with van der Waals surface area (Å²) in [6.45, 7) is 4.62. The molecule has 0 saturated heterocycles. The largest absolute Gasteiger partial charge is 0.474 e. The highest BCUT2D eigenvalue weighted by atomic mass is 19.1. The van der Waals surface area contributed by atoms with Gasteiger partial charge in [-0.2, -0.15) is 10.5 Å². The first-order chi connectivity index (χ1) is 11.2. The SMILES string of the molecule is CCOC(=O)C(C)(C)Oc1cc(F)c(N)cc1N(N=N)C(=O)NC. The Hall–Kier alpha value is -2.91. The van der Waals surface area contributed by atoms with Gasteiger partial charge in [-0.3, -0.25) is 0 Å². The highest BCUT2D eigenvalue weighted by Crippen LogP contribution is 2.35. The third-order valence-corrected chi connectivity index (χ3v) is 2.94. The maximum Gasteiger partial charge on any atom is 0.349 e. The van der Waals surface area contributed by atoms with E-state index < -0.39 is 23.4 Å². The summed E-state index contributed by atoms with van der Waals surface area (Å²) in [4.78, 5) is 23.8. The van der Waals surface area contributed by atoms with Crippen LogP contribution in [0.4, 0.5) is 20.6 Å². The zero-order valence-corrected chi connectivity index (χ0v) is 13.8. The molecule has 0 unspecified atom stereocenters. The lowest BCUT2D eigenvalue weighted by Gasteiger charge is -2.27. The van der Waals surface area contributed by atoms with Crippen molar-refractivity contribution in [2.24, 2.45) is 5.22 Å². The van der Waals surface area contributed by atoms with Crippen molar-refractivity contribution < 1.29 is 23.5 Å². The number of carbonyl (C=O) groups is 2. The van der Waals surface area contributed by atoms with Crippen molar-refractivity contribution in [3.63, 3.8) is 0 Å². The fraction of sp³-hybridized carbons (Fsp3) is 0.429. The Balaban J connectivity index is 3.36. The van der Waals surface area contributed by atoms with E-state index in [1.807, 2.05) is 0 Å². The Morgan fingerprint density at radius 1 is 1.46 bits per heavy atom. The van der Waals surface area contributed by atoms with Gasteiger partial charge in [-0.15, -0.1) is 0 Å². The minimum Gasteiger partial charge on any atom is -0.474 e. The predicted octanol–water partition coefficient (Wildman–Crippen LogP) is 2.22. The Morgan fingerprint density at radius 3 is 2.58 bits per heavy atom. The van der Waals surface area contributed by atoms with Crippen molar-refractivity contribution in [1.29, 1.82) is 5.53 Å². The summed E-state index contributed by atoms with van der Waals surface area (Å²) in [6.07, 6.45) is 0. The number of nitrogens with zero attached hydrogens (tertiary/aromatic N) is 2. The molecule has 0 aliphatic carbocycles. The number of rotatable bonds is 6. The van der Waals surface area contributed by atoms with E-state index in [0.717, 1.165) is 12.1 Å². The molecule has 1 aromatic rings. The van der Waals surface area contributed by atoms with Crippen LogP contribution in [-0.2, 0) is 9.53 Å². The van der Waals surface area contributed by atoms with Gasteiger partial charge in [0.25, 0.3) is 0 Å². The second kappa shape index (κ2) is 7.57. The monoisotopic (exact) mass is 341 g/mol. The van der Waals surface area contributed by atoms with Gasteiger partial charge < -0.3 is 20.5 Å². The lowest BCUT2D eigenvalue weighted by Crippen LogP contribution is -2.40. The molecule has 1 aromatic carbocycles. The molecule has 0 heterocycles. The van der Waals surface area contributed by atoms with Crippen LogP contribution in [0.5, 0.6) is 5.75 Å². The summed E-state index contributed by atoms with van der Waals surface area (Å²) >= 11 is 0. The molecule has 2 amide bonds. The summed E-state index contributed by atoms with van der Waals surface area (Å²) in [7, 11) is 1.33. The average Bonchev–Trinajstić information content (AvgIpc) is 2.52. The molecule has 4 N–H and O–H groups in total. The number of urea groups is 1. The molecule has 0 aromatic heterocycles. The zero-order chi connectivity index (χ0) is 18.5. The highest BCUT2D eigenvalue weighted by molar-refractivity contribution is 5.93. The topological polar surface area (TPSA) is 130 Å². The number of nitrogens with two attached hydrogens (primary N) is 1. The first kappa shape index (κ1) is 19.1. The minimum atomic E-state index is -1.47. The van der Waals surface area contributed by atoms with Crippen LogP contribution in [0, 0.1) is 11.3 Å². The summed E-state index contributed by atoms with van der Waals surface area (Å²) < 4.78 is 24.2. The number of nitrogens with one attached hydrogen (secondary N) is 2. The summed E-state index contributed by atoms with van der Waals surface area (Å²) in [5, 5.41) is 5.96. The van der Waals surface area contributed by atoms with E-state index >= 15 is 0 Å². The number of nitrogen functional groups attached to an aromatic ring is 1. The third kappa shape index (κ3) is 4.09. The standard InChI is InChI=1S/C14H20FN5O4/c1-5-23-12(21)14(2,3)24-11-6-8(15)9(16)7-10(11)20(19-17)13(22)18-4/h6-7,17H,5,16H2,1-4H3,(H,18,22). The molecule has 0 spiro atoms. The van der Waals surface area contributed by atoms with Crippen molar-refractivity contribution >= 4 is 23.4 Å². The van der Waals surface area contributed by atoms with Gasteiger partial charge in [-0.05, 0) is 26.8 Å². The maximum absolute atomic E-state index is 13.8. The zero-order valence-electron chi connectivity index (χ0n) is 13.8. The van der Waals surface area contributed by atoms with E-state index in [1.54, 1.807) is 6.92 Å². The number of halogens is 1. The molecule has 0 radical (unpaired) electrons. The van der Waals surface area contributed by atoms with Crippen molar-refractivity contribution in [3.05, 3.63) is 17.9 Å². The van der Waals surface area contributed by atoms with Crippen LogP contribution < -0.4 is 20.8 Å². The Kier molecular flexibility index (Phi) is 6.04. The fourth-order valence-corrected chi connectivity index (χ4v) is 1.74. The van der Waals surface area contributed by atoms with Crippen LogP contribution in [0.2, 0.25) is 0 Å². The van der Waals surface area contributed by atoms with E-state index in [4.69, 9.17) is 20.7 Å². The van der Waals surface area contributed by atoms with Gasteiger partial charge in [0.05, 0.1) is 12.3 Å². The van der Waals surface area contributed by atoms with Crippen molar-refractivity contribution in [1.82, 2.24) is 5.32 Å². The number of benzene rings is 1. The summed E-state index contributed by atoms with van der Waals surface area (Å²) in [5.41, 5.74) is 10.8. The molecule has 10 heteroatoms. The van der Waals surface area contributed by atoms with Crippen molar-refractivity contribution in [2.45, 2.75) is 26.4 Å².